The number of hydrogen-bond donors (Lipinski definition) is 0. The average molecular weight is 294 g/mol. The van der Waals surface area contributed by atoms with E-state index in [0.29, 0.717) is 12.5 Å². The first-order valence-corrected chi connectivity index (χ1v) is 8.25. The number of rotatable bonds is 3. The number of piperazine rings is 1. The minimum absolute atomic E-state index is 0.137. The fourth-order valence-electron chi connectivity index (χ4n) is 3.34. The van der Waals surface area contributed by atoms with Gasteiger partial charge in [-0.15, -0.1) is 0 Å². The zero-order valence-corrected chi connectivity index (χ0v) is 14.3. The number of amides is 2. The second-order valence-corrected chi connectivity index (χ2v) is 8.14. The highest BCUT2D eigenvalue weighted by Crippen LogP contribution is 2.33. The van der Waals surface area contributed by atoms with E-state index in [1.54, 1.807) is 0 Å². The molecule has 2 fully saturated rings. The fourth-order valence-corrected chi connectivity index (χ4v) is 3.34. The van der Waals surface area contributed by atoms with Crippen molar-refractivity contribution in [3.63, 3.8) is 0 Å². The highest BCUT2D eigenvalue weighted by molar-refractivity contribution is 5.97. The van der Waals surface area contributed by atoms with E-state index in [9.17, 15) is 9.59 Å². The minimum Gasteiger partial charge on any atom is -0.329 e. The summed E-state index contributed by atoms with van der Waals surface area (Å²) >= 11 is 0. The molecule has 2 amide bonds. The Morgan fingerprint density at radius 1 is 1.14 bits per heavy atom. The maximum Gasteiger partial charge on any atom is 0.246 e. The number of fused-ring (bicyclic) bond motifs is 1. The molecule has 120 valence electrons. The Morgan fingerprint density at radius 2 is 1.76 bits per heavy atom. The first-order chi connectivity index (χ1) is 9.64. The fraction of sp³-hybridized carbons (Fsp3) is 0.882. The predicted molar refractivity (Wildman–Crippen MR) is 83.7 cm³/mol. The van der Waals surface area contributed by atoms with E-state index in [1.807, 2.05) is 23.6 Å². The number of carbonyl (C=O) groups excluding carboxylic acids is 2. The smallest absolute Gasteiger partial charge is 0.246 e. The van der Waals surface area contributed by atoms with E-state index < -0.39 is 0 Å². The highest BCUT2D eigenvalue weighted by Gasteiger charge is 2.49. The first-order valence-electron chi connectivity index (χ1n) is 8.25. The molecule has 0 aliphatic carbocycles. The lowest BCUT2D eigenvalue weighted by molar-refractivity contribution is -0.162. The van der Waals surface area contributed by atoms with Gasteiger partial charge in [0.2, 0.25) is 11.8 Å². The van der Waals surface area contributed by atoms with Crippen molar-refractivity contribution >= 4 is 11.8 Å². The van der Waals surface area contributed by atoms with Gasteiger partial charge in [0.25, 0.3) is 0 Å². The van der Waals surface area contributed by atoms with Crippen molar-refractivity contribution in [3.05, 3.63) is 0 Å². The van der Waals surface area contributed by atoms with Crippen molar-refractivity contribution < 1.29 is 9.59 Å². The second kappa shape index (κ2) is 5.62. The molecule has 0 bridgehead atoms. The Bertz CT molecular complexity index is 425. The van der Waals surface area contributed by atoms with Gasteiger partial charge in [-0.2, -0.15) is 0 Å². The van der Waals surface area contributed by atoms with E-state index >= 15 is 0 Å². The molecule has 4 nitrogen and oxygen atoms in total. The summed E-state index contributed by atoms with van der Waals surface area (Å²) in [5.74, 6) is 0.855. The Morgan fingerprint density at radius 3 is 2.29 bits per heavy atom. The molecule has 3 atom stereocenters. The molecule has 0 radical (unpaired) electrons. The van der Waals surface area contributed by atoms with Crippen LogP contribution in [0.2, 0.25) is 0 Å². The van der Waals surface area contributed by atoms with E-state index in [2.05, 4.69) is 27.7 Å². The molecular formula is C17H30N2O2. The van der Waals surface area contributed by atoms with Crippen LogP contribution in [0.4, 0.5) is 0 Å². The van der Waals surface area contributed by atoms with Gasteiger partial charge in [-0.3, -0.25) is 9.59 Å². The summed E-state index contributed by atoms with van der Waals surface area (Å²) in [6, 6.07) is -0.476. The molecule has 0 N–H and O–H groups in total. The predicted octanol–water partition coefficient (Wildman–Crippen LogP) is 2.53. The third-order valence-electron chi connectivity index (χ3n) is 5.27. The molecule has 0 aromatic heterocycles. The van der Waals surface area contributed by atoms with Gasteiger partial charge in [0.05, 0.1) is 0 Å². The normalized spacial score (nSPS) is 28.3. The summed E-state index contributed by atoms with van der Waals surface area (Å²) in [6.45, 7) is 14.3. The number of nitrogens with zero attached hydrogens (tertiary/aromatic N) is 2. The van der Waals surface area contributed by atoms with Crippen LogP contribution in [0.3, 0.4) is 0 Å². The van der Waals surface area contributed by atoms with Gasteiger partial charge in [-0.05, 0) is 30.1 Å². The summed E-state index contributed by atoms with van der Waals surface area (Å²) in [6.07, 6.45) is 1.78. The van der Waals surface area contributed by atoms with Crippen LogP contribution in [0.1, 0.15) is 54.4 Å². The summed E-state index contributed by atoms with van der Waals surface area (Å²) in [4.78, 5) is 29.3. The quantitative estimate of drug-likeness (QED) is 0.802. The highest BCUT2D eigenvalue weighted by atomic mass is 16.2. The van der Waals surface area contributed by atoms with E-state index in [0.717, 1.165) is 19.4 Å². The van der Waals surface area contributed by atoms with Crippen LogP contribution in [0, 0.1) is 17.3 Å². The SMILES string of the molecule is CC(C)C1C(=O)N2CCCC2C(=O)N1CC(C)C(C)(C)C. The van der Waals surface area contributed by atoms with E-state index in [4.69, 9.17) is 0 Å². The van der Waals surface area contributed by atoms with Crippen LogP contribution >= 0.6 is 0 Å². The molecule has 2 saturated heterocycles. The second-order valence-electron chi connectivity index (χ2n) is 8.14. The van der Waals surface area contributed by atoms with Crippen LogP contribution < -0.4 is 0 Å². The minimum atomic E-state index is -0.281. The van der Waals surface area contributed by atoms with Crippen LogP contribution in [-0.4, -0.2) is 46.8 Å². The summed E-state index contributed by atoms with van der Waals surface area (Å²) in [5.41, 5.74) is 0.137. The lowest BCUT2D eigenvalue weighted by Gasteiger charge is -2.46. The molecule has 2 rings (SSSR count). The van der Waals surface area contributed by atoms with Crippen molar-refractivity contribution in [1.29, 1.82) is 0 Å². The third-order valence-corrected chi connectivity index (χ3v) is 5.27. The van der Waals surface area contributed by atoms with Crippen molar-refractivity contribution in [2.45, 2.75) is 66.5 Å². The van der Waals surface area contributed by atoms with Crippen molar-refractivity contribution in [3.8, 4) is 0 Å². The molecular weight excluding hydrogens is 264 g/mol. The molecule has 3 unspecified atom stereocenters. The Kier molecular flexibility index (Phi) is 4.36. The van der Waals surface area contributed by atoms with E-state index in [-0.39, 0.29) is 35.2 Å². The van der Waals surface area contributed by atoms with Gasteiger partial charge < -0.3 is 9.80 Å². The van der Waals surface area contributed by atoms with Gasteiger partial charge in [-0.25, -0.2) is 0 Å². The van der Waals surface area contributed by atoms with E-state index in [1.165, 1.54) is 0 Å². The molecule has 0 aromatic carbocycles. The zero-order chi connectivity index (χ0) is 15.9. The Hall–Kier alpha value is -1.06. The maximum atomic E-state index is 12.9. The van der Waals surface area contributed by atoms with Gasteiger partial charge >= 0.3 is 0 Å². The molecule has 2 heterocycles. The van der Waals surface area contributed by atoms with Gasteiger partial charge in [0, 0.05) is 13.1 Å². The molecule has 2 aliphatic heterocycles. The van der Waals surface area contributed by atoms with Crippen molar-refractivity contribution in [2.75, 3.05) is 13.1 Å². The molecule has 21 heavy (non-hydrogen) atoms. The molecule has 0 aromatic rings. The van der Waals surface area contributed by atoms with Gasteiger partial charge in [0.1, 0.15) is 12.1 Å². The lowest BCUT2D eigenvalue weighted by atomic mass is 9.81. The monoisotopic (exact) mass is 294 g/mol. The lowest BCUT2D eigenvalue weighted by Crippen LogP contribution is -2.65. The zero-order valence-electron chi connectivity index (χ0n) is 14.3. The molecule has 4 heteroatoms. The molecule has 0 spiro atoms. The summed E-state index contributed by atoms with van der Waals surface area (Å²) < 4.78 is 0. The largest absolute Gasteiger partial charge is 0.329 e. The van der Waals surface area contributed by atoms with Crippen LogP contribution in [0.25, 0.3) is 0 Å². The summed E-state index contributed by atoms with van der Waals surface area (Å²) in [7, 11) is 0. The maximum absolute atomic E-state index is 12.9. The number of hydrogen-bond acceptors (Lipinski definition) is 2. The molecule has 2 aliphatic rings. The van der Waals surface area contributed by atoms with Crippen LogP contribution in [0.5, 0.6) is 0 Å². The number of carbonyl (C=O) groups is 2. The standard InChI is InChI=1S/C17H30N2O2/c1-11(2)14-16(21)18-9-7-8-13(18)15(20)19(14)10-12(3)17(4,5)6/h11-14H,7-10H2,1-6H3. The Balaban J connectivity index is 2.27. The topological polar surface area (TPSA) is 40.6 Å². The first kappa shape index (κ1) is 16.3. The Labute approximate surface area is 128 Å². The van der Waals surface area contributed by atoms with Crippen LogP contribution in [-0.2, 0) is 9.59 Å². The summed E-state index contributed by atoms with van der Waals surface area (Å²) in [5, 5.41) is 0. The van der Waals surface area contributed by atoms with Gasteiger partial charge in [0.15, 0.2) is 0 Å². The molecule has 0 saturated carbocycles. The average Bonchev–Trinajstić information content (AvgIpc) is 2.83. The third kappa shape index (κ3) is 2.95. The van der Waals surface area contributed by atoms with Crippen molar-refractivity contribution in [1.82, 2.24) is 9.80 Å². The van der Waals surface area contributed by atoms with Crippen molar-refractivity contribution in [2.24, 2.45) is 17.3 Å². The van der Waals surface area contributed by atoms with Crippen LogP contribution in [0.15, 0.2) is 0 Å². The van der Waals surface area contributed by atoms with Gasteiger partial charge in [-0.1, -0.05) is 41.5 Å².